The van der Waals surface area contributed by atoms with Crippen molar-refractivity contribution in [3.8, 4) is 5.75 Å². The van der Waals surface area contributed by atoms with Gasteiger partial charge in [0, 0.05) is 0 Å². The Morgan fingerprint density at radius 1 is 1.15 bits per heavy atom. The lowest BCUT2D eigenvalue weighted by Gasteiger charge is -2.23. The summed E-state index contributed by atoms with van der Waals surface area (Å²) in [6, 6.07) is 4.23. The topological polar surface area (TPSA) is 55.5 Å². The second-order valence-corrected chi connectivity index (χ2v) is 4.79. The number of nitrogens with two attached hydrogens (primary N) is 1. The highest BCUT2D eigenvalue weighted by atomic mass is 19.3. The van der Waals surface area contributed by atoms with Crippen LogP contribution in [0.5, 0.6) is 5.75 Å². The second kappa shape index (κ2) is 6.41. The van der Waals surface area contributed by atoms with E-state index in [4.69, 9.17) is 5.73 Å². The molecule has 0 amide bonds. The Bertz CT molecular complexity index is 423. The summed E-state index contributed by atoms with van der Waals surface area (Å²) in [4.78, 5) is 0. The van der Waals surface area contributed by atoms with Crippen molar-refractivity contribution in [1.82, 2.24) is 0 Å². The molecule has 114 valence electrons. The molecule has 0 aliphatic carbocycles. The van der Waals surface area contributed by atoms with E-state index in [2.05, 4.69) is 4.74 Å². The lowest BCUT2D eigenvalue weighted by molar-refractivity contribution is -0.253. The Balaban J connectivity index is 2.79. The molecule has 0 aliphatic rings. The van der Waals surface area contributed by atoms with E-state index in [0.29, 0.717) is 5.56 Å². The summed E-state index contributed by atoms with van der Waals surface area (Å²) >= 11 is 0. The summed E-state index contributed by atoms with van der Waals surface area (Å²) < 4.78 is 53.2. The number of ether oxygens (including phenoxy) is 1. The molecule has 3 nitrogen and oxygen atoms in total. The Hall–Kier alpha value is -1.34. The monoisotopic (exact) mass is 295 g/mol. The van der Waals surface area contributed by atoms with E-state index in [9.17, 15) is 22.7 Å². The fourth-order valence-corrected chi connectivity index (χ4v) is 1.57. The second-order valence-electron chi connectivity index (χ2n) is 4.79. The number of rotatable bonds is 6. The Labute approximate surface area is 114 Å². The third kappa shape index (κ3) is 4.08. The Kier molecular flexibility index (Phi) is 5.35. The van der Waals surface area contributed by atoms with Crippen LogP contribution < -0.4 is 10.5 Å². The van der Waals surface area contributed by atoms with E-state index in [1.54, 1.807) is 13.8 Å². The van der Waals surface area contributed by atoms with Gasteiger partial charge < -0.3 is 15.6 Å². The zero-order valence-corrected chi connectivity index (χ0v) is 11.1. The lowest BCUT2D eigenvalue weighted by Crippen LogP contribution is -2.33. The Morgan fingerprint density at radius 2 is 1.65 bits per heavy atom. The number of alkyl halides is 4. The molecule has 0 spiro atoms. The molecule has 0 saturated heterocycles. The zero-order chi connectivity index (χ0) is 15.5. The first-order valence-electron chi connectivity index (χ1n) is 6.03. The number of hydrogen-bond acceptors (Lipinski definition) is 3. The third-order valence-corrected chi connectivity index (χ3v) is 2.82. The van der Waals surface area contributed by atoms with Crippen molar-refractivity contribution < 1.29 is 27.4 Å². The van der Waals surface area contributed by atoms with E-state index in [0.717, 1.165) is 12.1 Å². The van der Waals surface area contributed by atoms with Crippen molar-refractivity contribution in [2.45, 2.75) is 38.5 Å². The lowest BCUT2D eigenvalue weighted by atomic mass is 9.94. The van der Waals surface area contributed by atoms with E-state index in [1.165, 1.54) is 12.1 Å². The van der Waals surface area contributed by atoms with Gasteiger partial charge in [-0.2, -0.15) is 17.6 Å². The highest BCUT2D eigenvalue weighted by molar-refractivity contribution is 5.30. The number of aliphatic hydroxyl groups is 1. The van der Waals surface area contributed by atoms with Crippen LogP contribution in [0, 0.1) is 5.92 Å². The van der Waals surface area contributed by atoms with Crippen molar-refractivity contribution in [3.63, 3.8) is 0 Å². The van der Waals surface area contributed by atoms with Gasteiger partial charge in [0.05, 0.1) is 12.1 Å². The largest absolute Gasteiger partial charge is 0.461 e. The van der Waals surface area contributed by atoms with E-state index < -0.39 is 30.4 Å². The summed E-state index contributed by atoms with van der Waals surface area (Å²) in [5, 5.41) is 9.80. The third-order valence-electron chi connectivity index (χ3n) is 2.82. The number of halogens is 4. The van der Waals surface area contributed by atoms with Crippen molar-refractivity contribution in [2.75, 3.05) is 0 Å². The van der Waals surface area contributed by atoms with Crippen LogP contribution in [0.25, 0.3) is 0 Å². The van der Waals surface area contributed by atoms with Gasteiger partial charge in [0.2, 0.25) is 0 Å². The summed E-state index contributed by atoms with van der Waals surface area (Å²) in [6.45, 7) is 3.57. The van der Waals surface area contributed by atoms with Crippen molar-refractivity contribution in [1.29, 1.82) is 0 Å². The van der Waals surface area contributed by atoms with Crippen LogP contribution in [-0.4, -0.2) is 23.7 Å². The van der Waals surface area contributed by atoms with Crippen molar-refractivity contribution in [3.05, 3.63) is 29.8 Å². The van der Waals surface area contributed by atoms with Gasteiger partial charge in [-0.05, 0) is 23.6 Å². The molecule has 0 radical (unpaired) electrons. The molecule has 20 heavy (non-hydrogen) atoms. The molecule has 1 aromatic rings. The maximum Gasteiger partial charge on any atom is 0.461 e. The number of benzene rings is 1. The van der Waals surface area contributed by atoms with E-state index in [1.807, 2.05) is 0 Å². The summed E-state index contributed by atoms with van der Waals surface area (Å²) in [7, 11) is 0. The molecule has 1 rings (SSSR count). The van der Waals surface area contributed by atoms with Crippen LogP contribution >= 0.6 is 0 Å². The van der Waals surface area contributed by atoms with Crippen LogP contribution in [-0.2, 0) is 0 Å². The smallest absolute Gasteiger partial charge is 0.428 e. The van der Waals surface area contributed by atoms with Gasteiger partial charge in [0.25, 0.3) is 0 Å². The predicted octanol–water partition coefficient (Wildman–Crippen LogP) is 2.94. The van der Waals surface area contributed by atoms with Gasteiger partial charge in [0.15, 0.2) is 0 Å². The average Bonchev–Trinajstić information content (AvgIpc) is 2.37. The van der Waals surface area contributed by atoms with Crippen molar-refractivity contribution in [2.24, 2.45) is 11.7 Å². The molecular weight excluding hydrogens is 278 g/mol. The average molecular weight is 295 g/mol. The maximum absolute atomic E-state index is 12.7. The maximum atomic E-state index is 12.7. The predicted molar refractivity (Wildman–Crippen MR) is 65.8 cm³/mol. The zero-order valence-electron chi connectivity index (χ0n) is 11.1. The normalized spacial score (nSPS) is 15.5. The minimum absolute atomic E-state index is 0.0795. The SMILES string of the molecule is CC(C)[C@H](O)[C@H](N)c1ccc(OC(F)(F)C(F)F)cc1. The molecule has 0 fully saturated rings. The Morgan fingerprint density at radius 3 is 2.05 bits per heavy atom. The first-order valence-corrected chi connectivity index (χ1v) is 6.03. The van der Waals surface area contributed by atoms with E-state index >= 15 is 0 Å². The summed E-state index contributed by atoms with van der Waals surface area (Å²) in [5.41, 5.74) is 6.31. The number of aliphatic hydroxyl groups excluding tert-OH is 1. The molecule has 1 aromatic carbocycles. The van der Waals surface area contributed by atoms with E-state index in [-0.39, 0.29) is 5.92 Å². The van der Waals surface area contributed by atoms with Crippen molar-refractivity contribution >= 4 is 0 Å². The first kappa shape index (κ1) is 16.7. The molecule has 3 N–H and O–H groups in total. The van der Waals surface area contributed by atoms with Gasteiger partial charge in [-0.1, -0.05) is 26.0 Å². The molecule has 0 heterocycles. The van der Waals surface area contributed by atoms with Crippen LogP contribution in [0.1, 0.15) is 25.5 Å². The summed E-state index contributed by atoms with van der Waals surface area (Å²) in [5.74, 6) is -0.477. The van der Waals surface area contributed by atoms with Gasteiger partial charge in [0.1, 0.15) is 5.75 Å². The molecule has 7 heteroatoms. The van der Waals surface area contributed by atoms with Gasteiger partial charge in [-0.3, -0.25) is 0 Å². The van der Waals surface area contributed by atoms with Gasteiger partial charge in [-0.25, -0.2) is 0 Å². The minimum Gasteiger partial charge on any atom is -0.428 e. The number of hydrogen-bond donors (Lipinski definition) is 2. The first-order chi connectivity index (χ1) is 9.15. The molecule has 0 bridgehead atoms. The van der Waals surface area contributed by atoms with Gasteiger partial charge >= 0.3 is 12.5 Å². The van der Waals surface area contributed by atoms with Crippen LogP contribution in [0.4, 0.5) is 17.6 Å². The molecule has 0 saturated carbocycles. The molecule has 2 atom stereocenters. The minimum atomic E-state index is -4.54. The van der Waals surface area contributed by atoms with Crippen LogP contribution in [0.3, 0.4) is 0 Å². The summed E-state index contributed by atoms with van der Waals surface area (Å²) in [6.07, 6.45) is -9.25. The van der Waals surface area contributed by atoms with Crippen LogP contribution in [0.15, 0.2) is 24.3 Å². The quantitative estimate of drug-likeness (QED) is 0.793. The fraction of sp³-hybridized carbons (Fsp3) is 0.538. The highest BCUT2D eigenvalue weighted by Gasteiger charge is 2.43. The highest BCUT2D eigenvalue weighted by Crippen LogP contribution is 2.28. The molecule has 0 aromatic heterocycles. The molecular formula is C13H17F4NO2. The molecule has 0 aliphatic heterocycles. The standard InChI is InChI=1S/C13H17F4NO2/c1-7(2)11(19)10(18)8-3-5-9(6-4-8)20-13(16,17)12(14)15/h3-7,10-12,19H,18H2,1-2H3/t10-,11+/m1/s1. The van der Waals surface area contributed by atoms with Crippen LogP contribution in [0.2, 0.25) is 0 Å². The fourth-order valence-electron chi connectivity index (χ4n) is 1.57. The van der Waals surface area contributed by atoms with Gasteiger partial charge in [-0.15, -0.1) is 0 Å². The molecule has 0 unspecified atom stereocenters.